The lowest BCUT2D eigenvalue weighted by Gasteiger charge is -2.22. The summed E-state index contributed by atoms with van der Waals surface area (Å²) in [6.07, 6.45) is -4.21. The maximum absolute atomic E-state index is 12.6. The third kappa shape index (κ3) is 4.07. The predicted molar refractivity (Wildman–Crippen MR) is 52.0 cm³/mol. The molecule has 0 aliphatic carbocycles. The van der Waals surface area contributed by atoms with Crippen molar-refractivity contribution in [2.75, 3.05) is 18.9 Å². The first-order valence-electron chi connectivity index (χ1n) is 4.22. The molecule has 0 saturated heterocycles. The molecule has 0 aromatic rings. The molecule has 3 nitrogen and oxygen atoms in total. The third-order valence-corrected chi connectivity index (χ3v) is 2.41. The summed E-state index contributed by atoms with van der Waals surface area (Å²) in [7, 11) is 0.945. The Bertz CT molecular complexity index is 273. The Kier molecular flexibility index (Phi) is 5.91. The van der Waals surface area contributed by atoms with Gasteiger partial charge in [0.15, 0.2) is 0 Å². The minimum absolute atomic E-state index is 0.0280. The van der Waals surface area contributed by atoms with E-state index in [0.717, 1.165) is 7.05 Å². The number of alkyl halides is 5. The molecule has 0 radical (unpaired) electrons. The summed E-state index contributed by atoms with van der Waals surface area (Å²) in [5, 5.41) is 0.0280. The van der Waals surface area contributed by atoms with Crippen LogP contribution in [0.2, 0.25) is 0 Å². The Hall–Kier alpha value is -0.660. The summed E-state index contributed by atoms with van der Waals surface area (Å²) in [5.41, 5.74) is 0. The first-order valence-corrected chi connectivity index (χ1v) is 5.34. The van der Waals surface area contributed by atoms with E-state index >= 15 is 0 Å². The molecule has 0 aromatic heterocycles. The topological polar surface area (TPSA) is 37.4 Å². The molecule has 0 fully saturated rings. The van der Waals surface area contributed by atoms with E-state index < -0.39 is 18.3 Å². The Morgan fingerprint density at radius 3 is 2.25 bits per heavy atom. The Balaban J connectivity index is 4.34. The molecule has 0 bridgehead atoms. The molecule has 0 saturated carbocycles. The highest BCUT2D eigenvalue weighted by molar-refractivity contribution is 9.09. The van der Waals surface area contributed by atoms with E-state index in [9.17, 15) is 27.2 Å². The summed E-state index contributed by atoms with van der Waals surface area (Å²) in [4.78, 5) is 22.1. The SMILES string of the molecule is CN(CCC(=O)CBr)C(=O)C(F)(F)C(F)F. The molecule has 0 atom stereocenters. The monoisotopic (exact) mass is 307 g/mol. The summed E-state index contributed by atoms with van der Waals surface area (Å²) in [6, 6.07) is 0. The lowest BCUT2D eigenvalue weighted by atomic mass is 10.2. The van der Waals surface area contributed by atoms with Crippen molar-refractivity contribution in [3.63, 3.8) is 0 Å². The van der Waals surface area contributed by atoms with Gasteiger partial charge in [0.1, 0.15) is 5.78 Å². The first kappa shape index (κ1) is 15.3. The van der Waals surface area contributed by atoms with Gasteiger partial charge in [0.2, 0.25) is 0 Å². The molecule has 0 spiro atoms. The van der Waals surface area contributed by atoms with E-state index in [-0.39, 0.29) is 24.1 Å². The lowest BCUT2D eigenvalue weighted by Crippen LogP contribution is -2.46. The van der Waals surface area contributed by atoms with Crippen molar-refractivity contribution in [2.24, 2.45) is 0 Å². The number of carbonyl (C=O) groups is 2. The van der Waals surface area contributed by atoms with Crippen molar-refractivity contribution in [3.8, 4) is 0 Å². The van der Waals surface area contributed by atoms with Gasteiger partial charge in [-0.15, -0.1) is 0 Å². The van der Waals surface area contributed by atoms with Gasteiger partial charge in [0, 0.05) is 20.0 Å². The van der Waals surface area contributed by atoms with Crippen LogP contribution in [0.5, 0.6) is 0 Å². The molecular formula is C8H10BrF4NO2. The summed E-state index contributed by atoms with van der Waals surface area (Å²) < 4.78 is 48.8. The van der Waals surface area contributed by atoms with Gasteiger partial charge in [-0.2, -0.15) is 8.78 Å². The normalized spacial score (nSPS) is 11.7. The van der Waals surface area contributed by atoms with Gasteiger partial charge in [0.25, 0.3) is 5.91 Å². The zero-order chi connectivity index (χ0) is 12.9. The van der Waals surface area contributed by atoms with E-state index in [4.69, 9.17) is 0 Å². The Morgan fingerprint density at radius 1 is 1.38 bits per heavy atom. The van der Waals surface area contributed by atoms with Gasteiger partial charge in [-0.25, -0.2) is 8.78 Å². The van der Waals surface area contributed by atoms with Gasteiger partial charge >= 0.3 is 12.3 Å². The molecular weight excluding hydrogens is 298 g/mol. The van der Waals surface area contributed by atoms with Crippen LogP contribution in [0.25, 0.3) is 0 Å². The summed E-state index contributed by atoms with van der Waals surface area (Å²) >= 11 is 2.84. The van der Waals surface area contributed by atoms with Crippen molar-refractivity contribution in [2.45, 2.75) is 18.8 Å². The second-order valence-electron chi connectivity index (χ2n) is 3.07. The predicted octanol–water partition coefficient (Wildman–Crippen LogP) is 1.70. The molecule has 8 heteroatoms. The third-order valence-electron chi connectivity index (χ3n) is 1.78. The van der Waals surface area contributed by atoms with Gasteiger partial charge < -0.3 is 4.90 Å². The van der Waals surface area contributed by atoms with E-state index in [2.05, 4.69) is 15.9 Å². The first-order chi connectivity index (χ1) is 7.23. The van der Waals surface area contributed by atoms with Crippen molar-refractivity contribution in [1.82, 2.24) is 4.90 Å². The zero-order valence-corrected chi connectivity index (χ0v) is 9.94. The lowest BCUT2D eigenvalue weighted by molar-refractivity contribution is -0.179. The number of carbonyl (C=O) groups excluding carboxylic acids is 2. The average molecular weight is 308 g/mol. The van der Waals surface area contributed by atoms with Crippen LogP contribution in [0.15, 0.2) is 0 Å². The molecule has 0 aromatic carbocycles. The van der Waals surface area contributed by atoms with Crippen LogP contribution in [-0.4, -0.2) is 47.9 Å². The quantitative estimate of drug-likeness (QED) is 0.553. The van der Waals surface area contributed by atoms with Crippen LogP contribution in [0.1, 0.15) is 6.42 Å². The minimum Gasteiger partial charge on any atom is -0.340 e. The van der Waals surface area contributed by atoms with Crippen LogP contribution in [0, 0.1) is 0 Å². The van der Waals surface area contributed by atoms with Gasteiger partial charge in [-0.3, -0.25) is 9.59 Å². The van der Waals surface area contributed by atoms with Crippen LogP contribution in [0.3, 0.4) is 0 Å². The highest BCUT2D eigenvalue weighted by Gasteiger charge is 2.50. The minimum atomic E-state index is -4.70. The van der Waals surface area contributed by atoms with Crippen LogP contribution >= 0.6 is 15.9 Å². The second-order valence-corrected chi connectivity index (χ2v) is 3.63. The van der Waals surface area contributed by atoms with E-state index in [0.29, 0.717) is 4.90 Å². The number of hydrogen-bond acceptors (Lipinski definition) is 2. The van der Waals surface area contributed by atoms with E-state index in [1.165, 1.54) is 0 Å². The number of halogens is 5. The molecule has 0 N–H and O–H groups in total. The smallest absolute Gasteiger partial charge is 0.340 e. The van der Waals surface area contributed by atoms with Crippen LogP contribution in [0.4, 0.5) is 17.6 Å². The number of nitrogens with zero attached hydrogens (tertiary/aromatic N) is 1. The average Bonchev–Trinajstić information content (AvgIpc) is 2.23. The fourth-order valence-corrected chi connectivity index (χ4v) is 1.09. The van der Waals surface area contributed by atoms with Gasteiger partial charge in [0.05, 0.1) is 5.33 Å². The molecule has 0 rings (SSSR count). The molecule has 1 amide bonds. The number of Topliss-reactive ketones (excluding diaryl/α,β-unsaturated/α-hetero) is 1. The maximum atomic E-state index is 12.6. The largest absolute Gasteiger partial charge is 0.383 e. The number of hydrogen-bond donors (Lipinski definition) is 0. The fraction of sp³-hybridized carbons (Fsp3) is 0.750. The van der Waals surface area contributed by atoms with E-state index in [1.807, 2.05) is 0 Å². The van der Waals surface area contributed by atoms with Crippen LogP contribution < -0.4 is 0 Å². The second kappa shape index (κ2) is 6.17. The highest BCUT2D eigenvalue weighted by atomic mass is 79.9. The van der Waals surface area contributed by atoms with Gasteiger partial charge in [-0.1, -0.05) is 15.9 Å². The number of rotatable bonds is 6. The molecule has 16 heavy (non-hydrogen) atoms. The number of amides is 1. The number of ketones is 1. The standard InChI is InChI=1S/C8H10BrF4NO2/c1-14(3-2-5(15)4-9)7(16)8(12,13)6(10)11/h6H,2-4H2,1H3. The van der Waals surface area contributed by atoms with E-state index in [1.54, 1.807) is 0 Å². The van der Waals surface area contributed by atoms with Gasteiger partial charge in [-0.05, 0) is 0 Å². The van der Waals surface area contributed by atoms with Crippen molar-refractivity contribution in [1.29, 1.82) is 0 Å². The molecule has 0 aliphatic heterocycles. The fourth-order valence-electron chi connectivity index (χ4n) is 0.809. The maximum Gasteiger partial charge on any atom is 0.383 e. The molecule has 94 valence electrons. The molecule has 0 aliphatic rings. The van der Waals surface area contributed by atoms with Crippen LogP contribution in [-0.2, 0) is 9.59 Å². The summed E-state index contributed by atoms with van der Waals surface area (Å²) in [6.45, 7) is -0.314. The molecule has 0 heterocycles. The highest BCUT2D eigenvalue weighted by Crippen LogP contribution is 2.24. The Morgan fingerprint density at radius 2 is 1.88 bits per heavy atom. The van der Waals surface area contributed by atoms with Crippen molar-refractivity contribution in [3.05, 3.63) is 0 Å². The Labute approximate surface area is 97.9 Å². The molecule has 0 unspecified atom stereocenters. The zero-order valence-electron chi connectivity index (χ0n) is 8.35. The van der Waals surface area contributed by atoms with Crippen molar-refractivity contribution >= 4 is 27.6 Å². The summed E-state index contributed by atoms with van der Waals surface area (Å²) in [5.74, 6) is -6.99. The van der Waals surface area contributed by atoms with Crippen molar-refractivity contribution < 1.29 is 27.2 Å².